The largest absolute Gasteiger partial charge is 0.394 e. The van der Waals surface area contributed by atoms with E-state index in [1.807, 2.05) is 0 Å². The fourth-order valence-electron chi connectivity index (χ4n) is 10.3. The molecule has 2 heterocycles. The lowest BCUT2D eigenvalue weighted by Crippen LogP contribution is -2.65. The van der Waals surface area contributed by atoms with Crippen molar-refractivity contribution in [1.29, 1.82) is 0 Å². The van der Waals surface area contributed by atoms with Gasteiger partial charge < -0.3 is 54.7 Å². The number of aliphatic hydroxyl groups excluding tert-OH is 7. The Labute approximate surface area is 264 Å². The van der Waals surface area contributed by atoms with E-state index in [1.165, 1.54) is 0 Å². The molecule has 5 fully saturated rings. The van der Waals surface area contributed by atoms with Crippen molar-refractivity contribution in [3.8, 4) is 0 Å². The number of fused-ring (bicyclic) bond motifs is 5. The molecule has 17 atom stereocenters. The first-order chi connectivity index (χ1) is 21.3. The van der Waals surface area contributed by atoms with Crippen LogP contribution < -0.4 is 0 Å². The molecule has 6 aliphatic rings. The lowest BCUT2D eigenvalue weighted by molar-refractivity contribution is -0.373. The maximum Gasteiger partial charge on any atom is 0.187 e. The van der Waals surface area contributed by atoms with E-state index >= 15 is 0 Å². The van der Waals surface area contributed by atoms with E-state index in [0.717, 1.165) is 56.9 Å². The number of Topliss-reactive ketones (excluding diaryl/α,β-unsaturated/α-hetero) is 1. The number of rotatable bonds is 7. The average Bonchev–Trinajstić information content (AvgIpc) is 3.38. The van der Waals surface area contributed by atoms with Crippen molar-refractivity contribution in [3.05, 3.63) is 11.6 Å². The number of ether oxygens (including phenoxy) is 4. The third kappa shape index (κ3) is 5.65. The van der Waals surface area contributed by atoms with E-state index in [4.69, 9.17) is 18.9 Å². The van der Waals surface area contributed by atoms with Gasteiger partial charge in [0.25, 0.3) is 0 Å². The molecule has 0 unspecified atom stereocenters. The monoisotopic (exact) mass is 640 g/mol. The van der Waals surface area contributed by atoms with E-state index < -0.39 is 74.6 Å². The van der Waals surface area contributed by atoms with Crippen molar-refractivity contribution in [2.45, 2.75) is 140 Å². The second-order valence-corrected chi connectivity index (χ2v) is 15.1. The molecule has 7 N–H and O–H groups in total. The van der Waals surface area contributed by atoms with Crippen LogP contribution >= 0.6 is 0 Å². The van der Waals surface area contributed by atoms with E-state index in [-0.39, 0.29) is 22.7 Å². The van der Waals surface area contributed by atoms with E-state index in [0.29, 0.717) is 23.7 Å². The topological polar surface area (TPSA) is 196 Å². The standard InChI is InChI=1S/C33H52O12/c1-15(36)19-6-7-20-18-5-4-16-12-17(8-10-32(16,2)21(18)9-11-33(19,20)3)42-31-29(27(40)25(38)23(14-35)44-31)45-30-28(41)26(39)24(37)22(13-34)43-30/h6,16-18,20-31,34-35,37-41H,4-5,7-14H2,1-3H3/t16-,17+,18+,20+,21+,22-,23-,24-,25+,26+,27+,28-,29-,30+,31-,32+,33-/m1/s1. The fourth-order valence-corrected chi connectivity index (χ4v) is 10.3. The summed E-state index contributed by atoms with van der Waals surface area (Å²) in [6.07, 6.45) is -4.95. The van der Waals surface area contributed by atoms with Gasteiger partial charge in [0.2, 0.25) is 0 Å². The molecule has 0 aromatic carbocycles. The highest BCUT2D eigenvalue weighted by Gasteiger charge is 2.60. The van der Waals surface area contributed by atoms with Crippen LogP contribution in [0.15, 0.2) is 11.6 Å². The molecular weight excluding hydrogens is 588 g/mol. The minimum Gasteiger partial charge on any atom is -0.394 e. The second-order valence-electron chi connectivity index (χ2n) is 15.1. The van der Waals surface area contributed by atoms with Crippen molar-refractivity contribution in [2.24, 2.45) is 34.5 Å². The third-order valence-corrected chi connectivity index (χ3v) is 12.9. The van der Waals surface area contributed by atoms with Crippen LogP contribution in [-0.2, 0) is 23.7 Å². The molecule has 0 aromatic rings. The molecule has 3 saturated carbocycles. The Morgan fingerprint density at radius 1 is 0.822 bits per heavy atom. The Morgan fingerprint density at radius 3 is 2.16 bits per heavy atom. The summed E-state index contributed by atoms with van der Waals surface area (Å²) in [5, 5.41) is 72.0. The lowest BCUT2D eigenvalue weighted by atomic mass is 9.44. The van der Waals surface area contributed by atoms with Crippen LogP contribution in [0.25, 0.3) is 0 Å². The Hall–Kier alpha value is -1.03. The molecule has 0 aromatic heterocycles. The summed E-state index contributed by atoms with van der Waals surface area (Å²) in [5.41, 5.74) is 1.13. The number of carbonyl (C=O) groups is 1. The van der Waals surface area contributed by atoms with Gasteiger partial charge in [-0.25, -0.2) is 0 Å². The summed E-state index contributed by atoms with van der Waals surface area (Å²) in [4.78, 5) is 12.4. The smallest absolute Gasteiger partial charge is 0.187 e. The predicted molar refractivity (Wildman–Crippen MR) is 157 cm³/mol. The Balaban J connectivity index is 1.15. The number of allylic oxidation sites excluding steroid dienone is 2. The third-order valence-electron chi connectivity index (χ3n) is 12.9. The van der Waals surface area contributed by atoms with Gasteiger partial charge in [-0.15, -0.1) is 0 Å². The van der Waals surface area contributed by atoms with Crippen molar-refractivity contribution in [3.63, 3.8) is 0 Å². The maximum atomic E-state index is 12.4. The molecule has 0 spiro atoms. The summed E-state index contributed by atoms with van der Waals surface area (Å²) in [5.74, 6) is 2.26. The Kier molecular flexibility index (Phi) is 9.61. The molecule has 4 aliphatic carbocycles. The van der Waals surface area contributed by atoms with Gasteiger partial charge in [0.15, 0.2) is 18.4 Å². The molecule has 0 radical (unpaired) electrons. The van der Waals surface area contributed by atoms with Crippen LogP contribution in [0.2, 0.25) is 0 Å². The van der Waals surface area contributed by atoms with Crippen LogP contribution in [0, 0.1) is 34.5 Å². The van der Waals surface area contributed by atoms with Crippen LogP contribution in [0.5, 0.6) is 0 Å². The van der Waals surface area contributed by atoms with Gasteiger partial charge in [-0.05, 0) is 98.4 Å². The SMILES string of the molecule is CC(=O)C1=CC[C@H]2[C@@H]3CC[C@@H]4C[C@@H](O[C@@H]5O[C@H](CO)[C@H](O)[C@H](O)[C@H]5O[C@@H]5O[C@H](CO)[C@@H](O)[C@H](O)[C@H]5O)CC[C@]4(C)[C@H]3CC[C@]12C. The zero-order valence-corrected chi connectivity index (χ0v) is 26.5. The molecular formula is C33H52O12. The summed E-state index contributed by atoms with van der Waals surface area (Å²) >= 11 is 0. The van der Waals surface area contributed by atoms with Gasteiger partial charge in [-0.3, -0.25) is 4.79 Å². The maximum absolute atomic E-state index is 12.4. The molecule has 12 heteroatoms. The van der Waals surface area contributed by atoms with E-state index in [1.54, 1.807) is 6.92 Å². The summed E-state index contributed by atoms with van der Waals surface area (Å²) < 4.78 is 23.7. The fraction of sp³-hybridized carbons (Fsp3) is 0.909. The van der Waals surface area contributed by atoms with Crippen molar-refractivity contribution in [2.75, 3.05) is 13.2 Å². The van der Waals surface area contributed by atoms with Gasteiger partial charge >= 0.3 is 0 Å². The molecule has 45 heavy (non-hydrogen) atoms. The normalized spacial score (nSPS) is 53.2. The highest BCUT2D eigenvalue weighted by Crippen LogP contribution is 2.66. The predicted octanol–water partition coefficient (Wildman–Crippen LogP) is 0.164. The number of hydrogen-bond acceptors (Lipinski definition) is 12. The molecule has 12 nitrogen and oxygen atoms in total. The van der Waals surface area contributed by atoms with Gasteiger partial charge in [0.1, 0.15) is 48.8 Å². The summed E-state index contributed by atoms with van der Waals surface area (Å²) in [7, 11) is 0. The molecule has 6 rings (SSSR count). The molecule has 0 bridgehead atoms. The number of ketones is 1. The Bertz CT molecular complexity index is 1120. The highest BCUT2D eigenvalue weighted by atomic mass is 16.8. The number of hydrogen-bond donors (Lipinski definition) is 7. The van der Waals surface area contributed by atoms with Crippen molar-refractivity contribution >= 4 is 5.78 Å². The molecule has 0 amide bonds. The number of carbonyl (C=O) groups excluding carboxylic acids is 1. The van der Waals surface area contributed by atoms with E-state index in [9.17, 15) is 40.5 Å². The zero-order chi connectivity index (χ0) is 32.4. The van der Waals surface area contributed by atoms with Crippen LogP contribution in [-0.4, -0.2) is 122 Å². The highest BCUT2D eigenvalue weighted by molar-refractivity contribution is 5.95. The lowest BCUT2D eigenvalue weighted by Gasteiger charge is -2.61. The summed E-state index contributed by atoms with van der Waals surface area (Å²) in [6, 6.07) is 0. The van der Waals surface area contributed by atoms with E-state index in [2.05, 4.69) is 19.9 Å². The number of aliphatic hydroxyl groups is 7. The van der Waals surface area contributed by atoms with Crippen LogP contribution in [0.3, 0.4) is 0 Å². The van der Waals surface area contributed by atoms with Crippen molar-refractivity contribution < 1.29 is 59.5 Å². The van der Waals surface area contributed by atoms with Gasteiger partial charge in [0.05, 0.1) is 19.3 Å². The second kappa shape index (κ2) is 12.8. The molecule has 256 valence electrons. The van der Waals surface area contributed by atoms with Gasteiger partial charge in [0, 0.05) is 0 Å². The Morgan fingerprint density at radius 2 is 1.49 bits per heavy atom. The quantitative estimate of drug-likeness (QED) is 0.187. The first-order valence-electron chi connectivity index (χ1n) is 16.8. The van der Waals surface area contributed by atoms with Crippen LogP contribution in [0.4, 0.5) is 0 Å². The summed E-state index contributed by atoms with van der Waals surface area (Å²) in [6.45, 7) is 5.20. The van der Waals surface area contributed by atoms with Gasteiger partial charge in [-0.1, -0.05) is 19.9 Å². The van der Waals surface area contributed by atoms with Crippen molar-refractivity contribution in [1.82, 2.24) is 0 Å². The minimum absolute atomic E-state index is 0.0283. The molecule has 2 aliphatic heterocycles. The van der Waals surface area contributed by atoms with Gasteiger partial charge in [-0.2, -0.15) is 0 Å². The first-order valence-corrected chi connectivity index (χ1v) is 16.8. The minimum atomic E-state index is -1.71. The first kappa shape index (κ1) is 33.9. The molecule has 2 saturated heterocycles. The van der Waals surface area contributed by atoms with Crippen LogP contribution in [0.1, 0.15) is 72.1 Å². The average molecular weight is 641 g/mol. The zero-order valence-electron chi connectivity index (χ0n) is 26.5.